The number of aliphatic carboxylic acids is 1. The van der Waals surface area contributed by atoms with Crippen molar-refractivity contribution in [3.8, 4) is 17.2 Å². The summed E-state index contributed by atoms with van der Waals surface area (Å²) >= 11 is 0. The van der Waals surface area contributed by atoms with Crippen molar-refractivity contribution >= 4 is 11.9 Å². The average molecular weight is 456 g/mol. The summed E-state index contributed by atoms with van der Waals surface area (Å²) < 4.78 is 17.2. The molecule has 33 heavy (non-hydrogen) atoms. The third-order valence-electron chi connectivity index (χ3n) is 6.33. The molecule has 1 saturated heterocycles. The number of piperidine rings is 1. The first kappa shape index (κ1) is 24.4. The van der Waals surface area contributed by atoms with Crippen LogP contribution >= 0.6 is 0 Å². The van der Waals surface area contributed by atoms with Crippen LogP contribution in [0.3, 0.4) is 0 Å². The number of hydrogen-bond acceptors (Lipinski definition) is 5. The van der Waals surface area contributed by atoms with E-state index in [4.69, 9.17) is 14.2 Å². The van der Waals surface area contributed by atoms with Gasteiger partial charge in [-0.1, -0.05) is 49.7 Å². The van der Waals surface area contributed by atoms with Crippen LogP contribution < -0.4 is 14.2 Å². The van der Waals surface area contributed by atoms with E-state index in [2.05, 4.69) is 6.92 Å². The summed E-state index contributed by atoms with van der Waals surface area (Å²) in [7, 11) is 3.17. The minimum Gasteiger partial charge on any atom is -0.493 e. The van der Waals surface area contributed by atoms with E-state index in [1.54, 1.807) is 14.2 Å². The third kappa shape index (κ3) is 6.18. The number of nitrogens with zero attached hydrogens (tertiary/aromatic N) is 1. The van der Waals surface area contributed by atoms with Gasteiger partial charge in [0.15, 0.2) is 11.5 Å². The number of methoxy groups -OCH3 is 2. The number of likely N-dealkylation sites (tertiary alicyclic amines) is 1. The molecule has 0 spiro atoms. The van der Waals surface area contributed by atoms with Gasteiger partial charge in [-0.05, 0) is 29.9 Å². The predicted molar refractivity (Wildman–Crippen MR) is 125 cm³/mol. The van der Waals surface area contributed by atoms with E-state index in [1.807, 2.05) is 47.4 Å². The van der Waals surface area contributed by atoms with Crippen LogP contribution in [0.5, 0.6) is 17.2 Å². The highest BCUT2D eigenvalue weighted by Crippen LogP contribution is 2.41. The molecule has 0 aliphatic carbocycles. The minimum atomic E-state index is -0.842. The fourth-order valence-corrected chi connectivity index (χ4v) is 4.48. The lowest BCUT2D eigenvalue weighted by atomic mass is 9.81. The number of carboxylic acids is 1. The van der Waals surface area contributed by atoms with Gasteiger partial charge in [-0.15, -0.1) is 0 Å². The number of amides is 1. The molecule has 1 heterocycles. The Hall–Kier alpha value is -3.22. The number of benzene rings is 2. The summed E-state index contributed by atoms with van der Waals surface area (Å²) in [4.78, 5) is 25.8. The van der Waals surface area contributed by atoms with E-state index >= 15 is 0 Å². The smallest absolute Gasteiger partial charge is 0.303 e. The SMILES string of the molecule is CC[C@H]1CN(CCc2ccc(OC)c(OC)c2OCc2ccccc2)C(=O)C[C@@H]1CC(=O)O. The van der Waals surface area contributed by atoms with Gasteiger partial charge < -0.3 is 24.2 Å². The first-order valence-corrected chi connectivity index (χ1v) is 11.4. The second-order valence-corrected chi connectivity index (χ2v) is 8.38. The Balaban J connectivity index is 1.75. The molecule has 7 nitrogen and oxygen atoms in total. The van der Waals surface area contributed by atoms with Gasteiger partial charge in [-0.3, -0.25) is 9.59 Å². The Morgan fingerprint density at radius 2 is 1.82 bits per heavy atom. The molecule has 2 aromatic carbocycles. The van der Waals surface area contributed by atoms with Gasteiger partial charge in [-0.2, -0.15) is 0 Å². The van der Waals surface area contributed by atoms with Gasteiger partial charge in [-0.25, -0.2) is 0 Å². The van der Waals surface area contributed by atoms with Gasteiger partial charge in [0.1, 0.15) is 6.61 Å². The van der Waals surface area contributed by atoms with Crippen molar-refractivity contribution in [1.29, 1.82) is 0 Å². The molecule has 178 valence electrons. The molecule has 0 saturated carbocycles. The normalized spacial score (nSPS) is 18.2. The average Bonchev–Trinajstić information content (AvgIpc) is 2.82. The highest BCUT2D eigenvalue weighted by atomic mass is 16.5. The van der Waals surface area contributed by atoms with E-state index in [1.165, 1.54) is 0 Å². The minimum absolute atomic E-state index is 0.0122. The Morgan fingerprint density at radius 1 is 1.06 bits per heavy atom. The predicted octanol–water partition coefficient (Wildman–Crippen LogP) is 4.17. The molecule has 1 N–H and O–H groups in total. The molecule has 1 amide bonds. The van der Waals surface area contributed by atoms with Gasteiger partial charge in [0.2, 0.25) is 11.7 Å². The Morgan fingerprint density at radius 3 is 2.45 bits per heavy atom. The monoisotopic (exact) mass is 455 g/mol. The molecular formula is C26H33NO6. The lowest BCUT2D eigenvalue weighted by Gasteiger charge is -2.37. The number of hydrogen-bond donors (Lipinski definition) is 1. The maximum absolute atomic E-state index is 12.7. The molecule has 2 aromatic rings. The molecule has 2 atom stereocenters. The molecule has 7 heteroatoms. The van der Waals surface area contributed by atoms with Crippen molar-refractivity contribution in [2.75, 3.05) is 27.3 Å². The van der Waals surface area contributed by atoms with Crippen molar-refractivity contribution in [2.45, 2.75) is 39.2 Å². The van der Waals surface area contributed by atoms with E-state index in [-0.39, 0.29) is 30.6 Å². The van der Waals surface area contributed by atoms with Crippen molar-refractivity contribution in [3.05, 3.63) is 53.6 Å². The first-order valence-electron chi connectivity index (χ1n) is 11.4. The van der Waals surface area contributed by atoms with Gasteiger partial charge in [0.05, 0.1) is 14.2 Å². The quantitative estimate of drug-likeness (QED) is 0.547. The number of carbonyl (C=O) groups is 2. The van der Waals surface area contributed by atoms with Crippen LogP contribution in [0.4, 0.5) is 0 Å². The van der Waals surface area contributed by atoms with Gasteiger partial charge >= 0.3 is 5.97 Å². The second-order valence-electron chi connectivity index (χ2n) is 8.38. The molecule has 1 aliphatic rings. The van der Waals surface area contributed by atoms with E-state index in [0.717, 1.165) is 17.5 Å². The third-order valence-corrected chi connectivity index (χ3v) is 6.33. The molecule has 3 rings (SSSR count). The fourth-order valence-electron chi connectivity index (χ4n) is 4.48. The number of carbonyl (C=O) groups excluding carboxylic acids is 1. The molecule has 1 aliphatic heterocycles. The molecule has 0 radical (unpaired) electrons. The lowest BCUT2D eigenvalue weighted by Crippen LogP contribution is -2.45. The number of carboxylic acid groups (broad SMARTS) is 1. The summed E-state index contributed by atoms with van der Waals surface area (Å²) in [5.41, 5.74) is 1.96. The lowest BCUT2D eigenvalue weighted by molar-refractivity contribution is -0.142. The second kappa shape index (κ2) is 11.6. The van der Waals surface area contributed by atoms with Crippen molar-refractivity contribution in [2.24, 2.45) is 11.8 Å². The van der Waals surface area contributed by atoms with Crippen molar-refractivity contribution in [3.63, 3.8) is 0 Å². The standard InChI is InChI=1S/C26H33NO6/c1-4-19-16-27(23(28)14-21(19)15-24(29)30)13-12-20-10-11-22(31-2)26(32-3)25(20)33-17-18-8-6-5-7-9-18/h5-11,19,21H,4,12-17H2,1-3H3,(H,29,30)/t19-,21+/m0/s1. The van der Waals surface area contributed by atoms with Crippen LogP contribution in [-0.2, 0) is 22.6 Å². The fraction of sp³-hybridized carbons (Fsp3) is 0.462. The maximum Gasteiger partial charge on any atom is 0.303 e. The van der Waals surface area contributed by atoms with Crippen molar-refractivity contribution in [1.82, 2.24) is 4.90 Å². The van der Waals surface area contributed by atoms with Crippen LogP contribution in [-0.4, -0.2) is 49.2 Å². The Bertz CT molecular complexity index is 945. The zero-order valence-electron chi connectivity index (χ0n) is 19.6. The van der Waals surface area contributed by atoms with Gasteiger partial charge in [0, 0.05) is 31.5 Å². The Labute approximate surface area is 195 Å². The van der Waals surface area contributed by atoms with E-state index in [0.29, 0.717) is 43.4 Å². The summed E-state index contributed by atoms with van der Waals surface area (Å²) in [6.45, 7) is 3.55. The number of rotatable bonds is 11. The zero-order chi connectivity index (χ0) is 23.8. The summed E-state index contributed by atoms with van der Waals surface area (Å²) in [5.74, 6) is 0.995. The zero-order valence-corrected chi connectivity index (χ0v) is 19.6. The summed E-state index contributed by atoms with van der Waals surface area (Å²) in [6.07, 6.45) is 1.78. The Kier molecular flexibility index (Phi) is 8.58. The van der Waals surface area contributed by atoms with Crippen molar-refractivity contribution < 1.29 is 28.9 Å². The van der Waals surface area contributed by atoms with Crippen LogP contribution in [0.15, 0.2) is 42.5 Å². The highest BCUT2D eigenvalue weighted by Gasteiger charge is 2.34. The summed E-state index contributed by atoms with van der Waals surface area (Å²) in [5, 5.41) is 9.18. The van der Waals surface area contributed by atoms with Crippen LogP contribution in [0, 0.1) is 11.8 Å². The van der Waals surface area contributed by atoms with Crippen LogP contribution in [0.1, 0.15) is 37.3 Å². The molecular weight excluding hydrogens is 422 g/mol. The van der Waals surface area contributed by atoms with E-state index in [9.17, 15) is 14.7 Å². The van der Waals surface area contributed by atoms with E-state index < -0.39 is 5.97 Å². The van der Waals surface area contributed by atoms with Gasteiger partial charge in [0.25, 0.3) is 0 Å². The topological polar surface area (TPSA) is 85.3 Å². The van der Waals surface area contributed by atoms with Crippen LogP contribution in [0.25, 0.3) is 0 Å². The van der Waals surface area contributed by atoms with Crippen LogP contribution in [0.2, 0.25) is 0 Å². The molecule has 0 aromatic heterocycles. The largest absolute Gasteiger partial charge is 0.493 e. The number of ether oxygens (including phenoxy) is 3. The highest BCUT2D eigenvalue weighted by molar-refractivity contribution is 5.78. The molecule has 0 unspecified atom stereocenters. The molecule has 1 fully saturated rings. The molecule has 0 bridgehead atoms. The summed E-state index contributed by atoms with van der Waals surface area (Å²) in [6, 6.07) is 13.7. The first-order chi connectivity index (χ1) is 16.0. The maximum atomic E-state index is 12.7.